The van der Waals surface area contributed by atoms with Gasteiger partial charge in [0.05, 0.1) is 5.56 Å². The summed E-state index contributed by atoms with van der Waals surface area (Å²) in [7, 11) is 0. The van der Waals surface area contributed by atoms with E-state index in [1.165, 1.54) is 28.8 Å². The first-order chi connectivity index (χ1) is 15.3. The van der Waals surface area contributed by atoms with E-state index in [0.717, 1.165) is 31.1 Å². The molecule has 5 heteroatoms. The van der Waals surface area contributed by atoms with Crippen molar-refractivity contribution in [3.8, 4) is 0 Å². The maximum Gasteiger partial charge on any atom is 0.416 e. The molecule has 0 radical (unpaired) electrons. The Bertz CT molecular complexity index is 1090. The van der Waals surface area contributed by atoms with E-state index in [-0.39, 0.29) is 10.8 Å². The molecule has 33 heavy (non-hydrogen) atoms. The molecule has 0 saturated heterocycles. The molecule has 0 amide bonds. The Labute approximate surface area is 193 Å². The first-order valence-electron chi connectivity index (χ1n) is 11.2. The molecule has 0 bridgehead atoms. The number of rotatable bonds is 6. The van der Waals surface area contributed by atoms with Gasteiger partial charge in [-0.05, 0) is 82.5 Å². The minimum Gasteiger partial charge on any atom is -0.478 e. The van der Waals surface area contributed by atoms with E-state index in [0.29, 0.717) is 24.0 Å². The van der Waals surface area contributed by atoms with Gasteiger partial charge in [0, 0.05) is 6.08 Å². The van der Waals surface area contributed by atoms with Gasteiger partial charge in [-0.3, -0.25) is 0 Å². The fourth-order valence-corrected chi connectivity index (χ4v) is 4.50. The Morgan fingerprint density at radius 1 is 0.970 bits per heavy atom. The van der Waals surface area contributed by atoms with Crippen molar-refractivity contribution >= 4 is 11.5 Å². The lowest BCUT2D eigenvalue weighted by molar-refractivity contribution is -0.137. The highest BCUT2D eigenvalue weighted by Crippen LogP contribution is 2.46. The van der Waals surface area contributed by atoms with E-state index in [4.69, 9.17) is 5.11 Å². The van der Waals surface area contributed by atoms with Crippen LogP contribution >= 0.6 is 0 Å². The maximum atomic E-state index is 13.1. The largest absolute Gasteiger partial charge is 0.478 e. The number of aliphatic carboxylic acids is 1. The number of carboxylic acids is 1. The second-order valence-electron chi connectivity index (χ2n) is 10.1. The van der Waals surface area contributed by atoms with Crippen LogP contribution in [-0.4, -0.2) is 11.1 Å². The first kappa shape index (κ1) is 24.8. The van der Waals surface area contributed by atoms with E-state index >= 15 is 0 Å². The molecule has 1 N–H and O–H groups in total. The van der Waals surface area contributed by atoms with E-state index < -0.39 is 17.7 Å². The lowest BCUT2D eigenvalue weighted by atomic mass is 9.63. The highest BCUT2D eigenvalue weighted by molar-refractivity contribution is 5.85. The molecule has 0 saturated carbocycles. The average Bonchev–Trinajstić information content (AvgIpc) is 2.73. The predicted octanol–water partition coefficient (Wildman–Crippen LogP) is 7.71. The predicted molar refractivity (Wildman–Crippen MR) is 126 cm³/mol. The number of hydrogen-bond acceptors (Lipinski definition) is 1. The number of fused-ring (bicyclic) bond motifs is 1. The van der Waals surface area contributed by atoms with Gasteiger partial charge in [0.15, 0.2) is 0 Å². The molecule has 1 aliphatic carbocycles. The second-order valence-corrected chi connectivity index (χ2v) is 10.1. The molecule has 1 aliphatic rings. The monoisotopic (exact) mass is 456 g/mol. The van der Waals surface area contributed by atoms with Crippen molar-refractivity contribution in [2.75, 3.05) is 0 Å². The summed E-state index contributed by atoms with van der Waals surface area (Å²) in [5.41, 5.74) is 4.21. The normalized spacial score (nSPS) is 17.7. The van der Waals surface area contributed by atoms with Gasteiger partial charge in [0.2, 0.25) is 0 Å². The number of carbonyl (C=O) groups is 1. The maximum absolute atomic E-state index is 13.1. The van der Waals surface area contributed by atoms with Gasteiger partial charge < -0.3 is 5.11 Å². The molecule has 0 aromatic heterocycles. The van der Waals surface area contributed by atoms with Crippen LogP contribution in [0.1, 0.15) is 74.8 Å². The van der Waals surface area contributed by atoms with Crippen LogP contribution in [0.4, 0.5) is 13.2 Å². The minimum absolute atomic E-state index is 0.101. The highest BCUT2D eigenvalue weighted by atomic mass is 19.4. The summed E-state index contributed by atoms with van der Waals surface area (Å²) in [6.07, 6.45) is 3.23. The second kappa shape index (κ2) is 9.20. The van der Waals surface area contributed by atoms with Crippen LogP contribution in [0.3, 0.4) is 0 Å². The van der Waals surface area contributed by atoms with E-state index in [9.17, 15) is 18.0 Å². The van der Waals surface area contributed by atoms with Crippen molar-refractivity contribution < 1.29 is 23.1 Å². The van der Waals surface area contributed by atoms with E-state index in [1.807, 2.05) is 6.08 Å². The zero-order valence-corrected chi connectivity index (χ0v) is 19.6. The van der Waals surface area contributed by atoms with Crippen LogP contribution in [0, 0.1) is 0 Å². The molecule has 0 atom stereocenters. The fraction of sp³-hybridized carbons (Fsp3) is 0.393. The molecular formula is C28H31F3O2. The molecule has 0 unspecified atom stereocenters. The van der Waals surface area contributed by atoms with Gasteiger partial charge in [0.25, 0.3) is 0 Å². The van der Waals surface area contributed by atoms with Gasteiger partial charge in [-0.15, -0.1) is 0 Å². The summed E-state index contributed by atoms with van der Waals surface area (Å²) in [4.78, 5) is 11.0. The molecule has 2 nitrogen and oxygen atoms in total. The van der Waals surface area contributed by atoms with Crippen molar-refractivity contribution in [3.05, 3.63) is 88.5 Å². The molecule has 0 fully saturated rings. The Kier molecular flexibility index (Phi) is 6.92. The number of hydrogen-bond donors (Lipinski definition) is 1. The standard InChI is InChI=1S/C28H31F3O2/c1-26(2)15-16-27(3,4)24-17-19(11-13-23(24)26)7-5-8-20(12-14-25(32)33)21-9-6-10-22(18-21)28(29,30)31/h6,8-14,17-18H,5,7,15-16H2,1-4H3,(H,32,33)/b14-12?,20-8-. The summed E-state index contributed by atoms with van der Waals surface area (Å²) >= 11 is 0. The van der Waals surface area contributed by atoms with Gasteiger partial charge in [-0.1, -0.05) is 64.1 Å². The summed E-state index contributed by atoms with van der Waals surface area (Å²) in [6.45, 7) is 9.10. The van der Waals surface area contributed by atoms with Crippen LogP contribution in [0.5, 0.6) is 0 Å². The van der Waals surface area contributed by atoms with E-state index in [1.54, 1.807) is 6.07 Å². The molecular weight excluding hydrogens is 425 g/mol. The lowest BCUT2D eigenvalue weighted by Gasteiger charge is -2.42. The Morgan fingerprint density at radius 3 is 2.27 bits per heavy atom. The van der Waals surface area contributed by atoms with Crippen molar-refractivity contribution in [1.82, 2.24) is 0 Å². The SMILES string of the molecule is CC1(C)CCC(C)(C)c2cc(CC/C=C(/C=CC(=O)O)c3cccc(C(F)(F)F)c3)ccc21. The third-order valence-corrected chi connectivity index (χ3v) is 6.64. The first-order valence-corrected chi connectivity index (χ1v) is 11.2. The molecule has 2 aromatic carbocycles. The zero-order valence-electron chi connectivity index (χ0n) is 19.6. The molecule has 3 rings (SSSR count). The Morgan fingerprint density at radius 2 is 1.64 bits per heavy atom. The number of allylic oxidation sites excluding steroid dienone is 3. The third-order valence-electron chi connectivity index (χ3n) is 6.64. The zero-order chi connectivity index (χ0) is 24.4. The number of halogens is 3. The molecule has 0 spiro atoms. The number of benzene rings is 2. The average molecular weight is 457 g/mol. The van der Waals surface area contributed by atoms with Crippen molar-refractivity contribution in [1.29, 1.82) is 0 Å². The van der Waals surface area contributed by atoms with Crippen LogP contribution in [0.2, 0.25) is 0 Å². The van der Waals surface area contributed by atoms with Crippen LogP contribution in [0.25, 0.3) is 5.57 Å². The van der Waals surface area contributed by atoms with E-state index in [2.05, 4.69) is 45.9 Å². The van der Waals surface area contributed by atoms with Crippen LogP contribution in [-0.2, 0) is 28.2 Å². The Balaban J connectivity index is 1.87. The number of aryl methyl sites for hydroxylation is 1. The highest BCUT2D eigenvalue weighted by Gasteiger charge is 2.36. The van der Waals surface area contributed by atoms with Crippen LogP contribution < -0.4 is 0 Å². The van der Waals surface area contributed by atoms with Gasteiger partial charge in [-0.2, -0.15) is 13.2 Å². The number of alkyl halides is 3. The molecule has 176 valence electrons. The van der Waals surface area contributed by atoms with Gasteiger partial charge >= 0.3 is 12.1 Å². The summed E-state index contributed by atoms with van der Waals surface area (Å²) in [5, 5.41) is 9.01. The fourth-order valence-electron chi connectivity index (χ4n) is 4.50. The lowest BCUT2D eigenvalue weighted by Crippen LogP contribution is -2.33. The third kappa shape index (κ3) is 5.95. The molecule has 2 aromatic rings. The summed E-state index contributed by atoms with van der Waals surface area (Å²) < 4.78 is 39.4. The summed E-state index contributed by atoms with van der Waals surface area (Å²) in [6, 6.07) is 11.6. The molecule has 0 heterocycles. The minimum atomic E-state index is -4.46. The number of carboxylic acid groups (broad SMARTS) is 1. The smallest absolute Gasteiger partial charge is 0.416 e. The van der Waals surface area contributed by atoms with Crippen molar-refractivity contribution in [2.24, 2.45) is 0 Å². The van der Waals surface area contributed by atoms with Gasteiger partial charge in [0.1, 0.15) is 0 Å². The Hall–Kier alpha value is -2.82. The topological polar surface area (TPSA) is 37.3 Å². The van der Waals surface area contributed by atoms with Crippen molar-refractivity contribution in [2.45, 2.75) is 70.4 Å². The summed E-state index contributed by atoms with van der Waals surface area (Å²) in [5.74, 6) is -1.15. The van der Waals surface area contributed by atoms with Crippen molar-refractivity contribution in [3.63, 3.8) is 0 Å². The van der Waals surface area contributed by atoms with Gasteiger partial charge in [-0.25, -0.2) is 4.79 Å². The molecule has 0 aliphatic heterocycles. The quantitative estimate of drug-likeness (QED) is 0.357. The van der Waals surface area contributed by atoms with Crippen LogP contribution in [0.15, 0.2) is 60.7 Å².